The van der Waals surface area contributed by atoms with Crippen LogP contribution in [0.3, 0.4) is 0 Å². The van der Waals surface area contributed by atoms with Crippen LogP contribution in [0.25, 0.3) is 0 Å². The summed E-state index contributed by atoms with van der Waals surface area (Å²) in [7, 11) is 0. The zero-order valence-corrected chi connectivity index (χ0v) is 11.4. The van der Waals surface area contributed by atoms with Crippen LogP contribution in [0.5, 0.6) is 11.5 Å². The highest BCUT2D eigenvalue weighted by atomic mass is 35.5. The molecule has 0 bridgehead atoms. The van der Waals surface area contributed by atoms with Crippen LogP contribution in [-0.4, -0.2) is 11.5 Å². The van der Waals surface area contributed by atoms with Gasteiger partial charge < -0.3 is 15.6 Å². The van der Waals surface area contributed by atoms with Crippen molar-refractivity contribution in [1.82, 2.24) is 0 Å². The van der Waals surface area contributed by atoms with E-state index < -0.39 is 23.9 Å². The normalized spacial score (nSPS) is 13.0. The van der Waals surface area contributed by atoms with Gasteiger partial charge in [0.2, 0.25) is 0 Å². The summed E-state index contributed by atoms with van der Waals surface area (Å²) in [6.07, 6.45) is -4.28. The molecule has 0 aliphatic carbocycles. The minimum atomic E-state index is -4.84. The van der Waals surface area contributed by atoms with Crippen molar-refractivity contribution in [1.29, 1.82) is 0 Å². The van der Waals surface area contributed by atoms with Crippen LogP contribution < -0.4 is 10.5 Å². The van der Waals surface area contributed by atoms with Crippen molar-refractivity contribution in [3.63, 3.8) is 0 Å². The van der Waals surface area contributed by atoms with Crippen LogP contribution in [0.2, 0.25) is 0 Å². The Labute approximate surface area is 116 Å². The molecular formula is C12H17ClF3NO2. The molecular weight excluding hydrogens is 283 g/mol. The minimum absolute atomic E-state index is 0. The Balaban J connectivity index is 0.00000324. The number of hydrogen-bond acceptors (Lipinski definition) is 3. The molecule has 3 N–H and O–H groups in total. The molecule has 1 aromatic rings. The van der Waals surface area contributed by atoms with Gasteiger partial charge in [0.25, 0.3) is 0 Å². The van der Waals surface area contributed by atoms with Crippen LogP contribution in [-0.2, 0) is 0 Å². The van der Waals surface area contributed by atoms with E-state index in [2.05, 4.69) is 4.74 Å². The van der Waals surface area contributed by atoms with E-state index in [1.54, 1.807) is 0 Å². The molecule has 0 aliphatic heterocycles. The molecule has 110 valence electrons. The molecule has 1 rings (SSSR count). The fourth-order valence-corrected chi connectivity index (χ4v) is 1.68. The zero-order valence-electron chi connectivity index (χ0n) is 10.6. The first-order chi connectivity index (χ1) is 8.20. The maximum atomic E-state index is 12.1. The molecule has 0 fully saturated rings. The Kier molecular flexibility index (Phi) is 6.45. The average Bonchev–Trinajstić information content (AvgIpc) is 2.18. The summed E-state index contributed by atoms with van der Waals surface area (Å²) < 4.78 is 40.0. The van der Waals surface area contributed by atoms with Gasteiger partial charge in [-0.15, -0.1) is 25.6 Å². The minimum Gasteiger partial charge on any atom is -0.504 e. The smallest absolute Gasteiger partial charge is 0.504 e. The fraction of sp³-hybridized carbons (Fsp3) is 0.500. The third-order valence-corrected chi connectivity index (χ3v) is 2.38. The molecule has 0 unspecified atom stereocenters. The fourth-order valence-electron chi connectivity index (χ4n) is 1.68. The number of hydrogen-bond donors (Lipinski definition) is 2. The quantitative estimate of drug-likeness (QED) is 0.890. The van der Waals surface area contributed by atoms with Gasteiger partial charge in [-0.05, 0) is 18.4 Å². The van der Waals surface area contributed by atoms with Crippen molar-refractivity contribution >= 4 is 12.4 Å². The molecule has 0 aliphatic rings. The number of halogens is 4. The first kappa shape index (κ1) is 17.9. The molecule has 0 amide bonds. The summed E-state index contributed by atoms with van der Waals surface area (Å²) in [6.45, 7) is 3.87. The maximum Gasteiger partial charge on any atom is 0.573 e. The number of para-hydroxylation sites is 1. The van der Waals surface area contributed by atoms with E-state index in [9.17, 15) is 18.3 Å². The first-order valence-electron chi connectivity index (χ1n) is 5.54. The number of alkyl halides is 3. The number of ether oxygens (including phenoxy) is 1. The number of benzene rings is 1. The molecule has 19 heavy (non-hydrogen) atoms. The van der Waals surface area contributed by atoms with E-state index in [1.165, 1.54) is 12.1 Å². The monoisotopic (exact) mass is 299 g/mol. The predicted molar refractivity (Wildman–Crippen MR) is 68.4 cm³/mol. The molecule has 0 radical (unpaired) electrons. The largest absolute Gasteiger partial charge is 0.573 e. The number of phenols is 1. The first-order valence-corrected chi connectivity index (χ1v) is 5.54. The van der Waals surface area contributed by atoms with E-state index in [0.717, 1.165) is 6.07 Å². The van der Waals surface area contributed by atoms with Crippen LogP contribution in [0.15, 0.2) is 18.2 Å². The predicted octanol–water partition coefficient (Wildman–Crippen LogP) is 3.76. The van der Waals surface area contributed by atoms with Gasteiger partial charge in [0.1, 0.15) is 0 Å². The Morgan fingerprint density at radius 2 is 1.89 bits per heavy atom. The molecule has 0 aromatic heterocycles. The lowest BCUT2D eigenvalue weighted by Crippen LogP contribution is -2.18. The Hall–Kier alpha value is -1.14. The van der Waals surface area contributed by atoms with E-state index in [-0.39, 0.29) is 23.9 Å². The van der Waals surface area contributed by atoms with Gasteiger partial charge in [-0.25, -0.2) is 0 Å². The second kappa shape index (κ2) is 6.86. The highest BCUT2D eigenvalue weighted by molar-refractivity contribution is 5.85. The summed E-state index contributed by atoms with van der Waals surface area (Å²) in [4.78, 5) is 0. The standard InChI is InChI=1S/C12H16F3NO2.ClH/c1-7(2)6-9(16)8-4-3-5-10(11(8)17)18-12(13,14)15;/h3-5,7,9,17H,6,16H2,1-2H3;1H/t9-;/m1./s1. The van der Waals surface area contributed by atoms with Crippen molar-refractivity contribution in [2.75, 3.05) is 0 Å². The lowest BCUT2D eigenvalue weighted by atomic mass is 9.97. The van der Waals surface area contributed by atoms with Gasteiger partial charge >= 0.3 is 6.36 Å². The topological polar surface area (TPSA) is 55.5 Å². The third kappa shape index (κ3) is 5.57. The van der Waals surface area contributed by atoms with E-state index in [0.29, 0.717) is 6.42 Å². The highest BCUT2D eigenvalue weighted by Crippen LogP contribution is 2.37. The molecule has 1 aromatic carbocycles. The molecule has 7 heteroatoms. The van der Waals surface area contributed by atoms with Gasteiger partial charge in [-0.3, -0.25) is 0 Å². The average molecular weight is 300 g/mol. The summed E-state index contributed by atoms with van der Waals surface area (Å²) in [6, 6.07) is 3.39. The van der Waals surface area contributed by atoms with Crippen LogP contribution in [0, 0.1) is 5.92 Å². The van der Waals surface area contributed by atoms with Gasteiger partial charge in [0.15, 0.2) is 11.5 Å². The van der Waals surface area contributed by atoms with Crippen LogP contribution in [0.1, 0.15) is 31.9 Å². The Bertz CT molecular complexity index is 410. The summed E-state index contributed by atoms with van der Waals surface area (Å²) >= 11 is 0. The third-order valence-electron chi connectivity index (χ3n) is 2.38. The van der Waals surface area contributed by atoms with Gasteiger partial charge in [0, 0.05) is 11.6 Å². The molecule has 1 atom stereocenters. The second-order valence-electron chi connectivity index (χ2n) is 4.48. The van der Waals surface area contributed by atoms with Crippen molar-refractivity contribution in [3.8, 4) is 11.5 Å². The van der Waals surface area contributed by atoms with E-state index in [4.69, 9.17) is 5.73 Å². The van der Waals surface area contributed by atoms with Crippen molar-refractivity contribution < 1.29 is 23.0 Å². The van der Waals surface area contributed by atoms with Gasteiger partial charge in [0.05, 0.1) is 0 Å². The lowest BCUT2D eigenvalue weighted by Gasteiger charge is -2.18. The van der Waals surface area contributed by atoms with Crippen molar-refractivity contribution in [3.05, 3.63) is 23.8 Å². The van der Waals surface area contributed by atoms with Crippen molar-refractivity contribution in [2.45, 2.75) is 32.7 Å². The molecule has 0 saturated heterocycles. The lowest BCUT2D eigenvalue weighted by molar-refractivity contribution is -0.275. The van der Waals surface area contributed by atoms with Crippen LogP contribution in [0.4, 0.5) is 13.2 Å². The van der Waals surface area contributed by atoms with Gasteiger partial charge in [-0.1, -0.05) is 26.0 Å². The maximum absolute atomic E-state index is 12.1. The summed E-state index contributed by atoms with van der Waals surface area (Å²) in [5.74, 6) is -0.909. The highest BCUT2D eigenvalue weighted by Gasteiger charge is 2.33. The Morgan fingerprint density at radius 1 is 1.32 bits per heavy atom. The van der Waals surface area contributed by atoms with E-state index >= 15 is 0 Å². The number of rotatable bonds is 4. The number of phenolic OH excluding ortho intramolecular Hbond substituents is 1. The second-order valence-corrected chi connectivity index (χ2v) is 4.48. The SMILES string of the molecule is CC(C)C[C@@H](N)c1cccc(OC(F)(F)F)c1O.Cl. The Morgan fingerprint density at radius 3 is 2.37 bits per heavy atom. The van der Waals surface area contributed by atoms with E-state index in [1.807, 2.05) is 13.8 Å². The summed E-state index contributed by atoms with van der Waals surface area (Å²) in [5.41, 5.74) is 6.09. The summed E-state index contributed by atoms with van der Waals surface area (Å²) in [5, 5.41) is 9.73. The molecule has 0 spiro atoms. The zero-order chi connectivity index (χ0) is 13.9. The molecule has 0 heterocycles. The number of nitrogens with two attached hydrogens (primary N) is 1. The van der Waals surface area contributed by atoms with Crippen molar-refractivity contribution in [2.24, 2.45) is 11.7 Å². The molecule has 3 nitrogen and oxygen atoms in total. The molecule has 0 saturated carbocycles. The number of aromatic hydroxyl groups is 1. The van der Waals surface area contributed by atoms with Gasteiger partial charge in [-0.2, -0.15) is 0 Å². The van der Waals surface area contributed by atoms with Crippen LogP contribution >= 0.6 is 12.4 Å².